The number of hydrogen-bond acceptors (Lipinski definition) is 2. The molecule has 0 atom stereocenters. The van der Waals surface area contributed by atoms with Gasteiger partial charge in [0.25, 0.3) is 0 Å². The second-order valence-electron chi connectivity index (χ2n) is 2.69. The van der Waals surface area contributed by atoms with Crippen LogP contribution in [0.5, 0.6) is 5.75 Å². The molecule has 0 aliphatic heterocycles. The third kappa shape index (κ3) is 2.31. The van der Waals surface area contributed by atoms with Crippen LogP contribution in [0, 0.1) is 6.92 Å². The van der Waals surface area contributed by atoms with Gasteiger partial charge < -0.3 is 4.74 Å². The second-order valence-corrected chi connectivity index (χ2v) is 3.54. The van der Waals surface area contributed by atoms with Crippen LogP contribution in [0.25, 0.3) is 0 Å². The number of carbonyl (C=O) groups is 1. The first-order chi connectivity index (χ1) is 6.19. The van der Waals surface area contributed by atoms with E-state index >= 15 is 0 Å². The fourth-order valence-corrected chi connectivity index (χ4v) is 1.62. The van der Waals surface area contributed by atoms with E-state index in [-0.39, 0.29) is 0 Å². The number of rotatable bonds is 3. The van der Waals surface area contributed by atoms with Gasteiger partial charge in [0, 0.05) is 10.0 Å². The Morgan fingerprint density at radius 2 is 2.23 bits per heavy atom. The van der Waals surface area contributed by atoms with Crippen molar-refractivity contribution in [2.24, 2.45) is 0 Å². The van der Waals surface area contributed by atoms with Crippen molar-refractivity contribution in [2.75, 3.05) is 6.61 Å². The Kier molecular flexibility index (Phi) is 3.48. The normalized spacial score (nSPS) is 9.77. The smallest absolute Gasteiger partial charge is 0.151 e. The van der Waals surface area contributed by atoms with Gasteiger partial charge >= 0.3 is 0 Å². The standard InChI is InChI=1S/C10H11BrO2/c1-3-13-10-5-8(6-12)9(11)4-7(10)2/h4-6H,3H2,1-2H3. The van der Waals surface area contributed by atoms with Crippen LogP contribution in [0.2, 0.25) is 0 Å². The predicted octanol–water partition coefficient (Wildman–Crippen LogP) is 2.97. The minimum Gasteiger partial charge on any atom is -0.494 e. The third-order valence-corrected chi connectivity index (χ3v) is 2.41. The van der Waals surface area contributed by atoms with Gasteiger partial charge in [-0.2, -0.15) is 0 Å². The van der Waals surface area contributed by atoms with Gasteiger partial charge in [-0.3, -0.25) is 4.79 Å². The Labute approximate surface area is 86.0 Å². The average Bonchev–Trinajstić information content (AvgIpc) is 2.10. The molecule has 0 aromatic heterocycles. The quantitative estimate of drug-likeness (QED) is 0.763. The first-order valence-corrected chi connectivity index (χ1v) is 4.86. The van der Waals surface area contributed by atoms with Gasteiger partial charge in [-0.15, -0.1) is 0 Å². The van der Waals surface area contributed by atoms with E-state index in [0.717, 1.165) is 22.1 Å². The van der Waals surface area contributed by atoms with Gasteiger partial charge in [0.15, 0.2) is 6.29 Å². The number of carbonyl (C=O) groups excluding carboxylic acids is 1. The summed E-state index contributed by atoms with van der Waals surface area (Å²) in [5.74, 6) is 0.771. The summed E-state index contributed by atoms with van der Waals surface area (Å²) in [7, 11) is 0. The molecule has 1 aromatic carbocycles. The lowest BCUT2D eigenvalue weighted by molar-refractivity contribution is 0.112. The Bertz CT molecular complexity index is 321. The average molecular weight is 243 g/mol. The summed E-state index contributed by atoms with van der Waals surface area (Å²) in [6, 6.07) is 3.63. The zero-order chi connectivity index (χ0) is 9.84. The molecule has 1 rings (SSSR count). The number of halogens is 1. The van der Waals surface area contributed by atoms with E-state index in [1.807, 2.05) is 19.9 Å². The minimum atomic E-state index is 0.612. The topological polar surface area (TPSA) is 26.3 Å². The lowest BCUT2D eigenvalue weighted by atomic mass is 10.1. The van der Waals surface area contributed by atoms with Crippen LogP contribution in [-0.2, 0) is 0 Å². The molecule has 0 bridgehead atoms. The van der Waals surface area contributed by atoms with Crippen molar-refractivity contribution in [2.45, 2.75) is 13.8 Å². The molecule has 0 saturated heterocycles. The van der Waals surface area contributed by atoms with Crippen LogP contribution < -0.4 is 4.74 Å². The van der Waals surface area contributed by atoms with Gasteiger partial charge in [0.05, 0.1) is 6.61 Å². The van der Waals surface area contributed by atoms with Crippen molar-refractivity contribution >= 4 is 22.2 Å². The molecule has 0 N–H and O–H groups in total. The van der Waals surface area contributed by atoms with E-state index in [9.17, 15) is 4.79 Å². The van der Waals surface area contributed by atoms with E-state index in [1.165, 1.54) is 0 Å². The summed E-state index contributed by atoms with van der Waals surface area (Å²) in [5.41, 5.74) is 1.65. The largest absolute Gasteiger partial charge is 0.494 e. The maximum atomic E-state index is 10.6. The highest BCUT2D eigenvalue weighted by Crippen LogP contribution is 2.25. The van der Waals surface area contributed by atoms with Crippen molar-refractivity contribution < 1.29 is 9.53 Å². The van der Waals surface area contributed by atoms with Crippen LogP contribution in [0.4, 0.5) is 0 Å². The van der Waals surface area contributed by atoms with Crippen LogP contribution >= 0.6 is 15.9 Å². The van der Waals surface area contributed by atoms with E-state index in [4.69, 9.17) is 4.74 Å². The molecule has 0 heterocycles. The minimum absolute atomic E-state index is 0.612. The van der Waals surface area contributed by atoms with Gasteiger partial charge in [0.2, 0.25) is 0 Å². The highest BCUT2D eigenvalue weighted by atomic mass is 79.9. The molecule has 0 spiro atoms. The van der Waals surface area contributed by atoms with Crippen molar-refractivity contribution in [3.05, 3.63) is 27.7 Å². The summed E-state index contributed by atoms with van der Waals surface area (Å²) < 4.78 is 6.16. The molecule has 0 aliphatic carbocycles. The summed E-state index contributed by atoms with van der Waals surface area (Å²) in [6.07, 6.45) is 0.812. The van der Waals surface area contributed by atoms with E-state index in [1.54, 1.807) is 6.07 Å². The van der Waals surface area contributed by atoms with Crippen LogP contribution in [-0.4, -0.2) is 12.9 Å². The molecule has 0 aliphatic rings. The van der Waals surface area contributed by atoms with Gasteiger partial charge in [-0.25, -0.2) is 0 Å². The molecule has 3 heteroatoms. The highest BCUT2D eigenvalue weighted by Gasteiger charge is 2.04. The van der Waals surface area contributed by atoms with Crippen molar-refractivity contribution in [3.63, 3.8) is 0 Å². The zero-order valence-electron chi connectivity index (χ0n) is 7.63. The van der Waals surface area contributed by atoms with Crippen molar-refractivity contribution in [1.29, 1.82) is 0 Å². The lowest BCUT2D eigenvalue weighted by Crippen LogP contribution is -1.95. The fraction of sp³-hybridized carbons (Fsp3) is 0.300. The molecule has 0 amide bonds. The Morgan fingerprint density at radius 1 is 1.54 bits per heavy atom. The zero-order valence-corrected chi connectivity index (χ0v) is 9.22. The molecule has 0 radical (unpaired) electrons. The molecule has 0 fully saturated rings. The monoisotopic (exact) mass is 242 g/mol. The number of aldehydes is 1. The molecular formula is C10H11BrO2. The lowest BCUT2D eigenvalue weighted by Gasteiger charge is -2.08. The summed E-state index contributed by atoms with van der Waals surface area (Å²) in [6.45, 7) is 4.48. The number of aryl methyl sites for hydroxylation is 1. The number of ether oxygens (including phenoxy) is 1. The maximum absolute atomic E-state index is 10.6. The summed E-state index contributed by atoms with van der Waals surface area (Å²) in [4.78, 5) is 10.6. The molecule has 70 valence electrons. The Hall–Kier alpha value is -0.830. The maximum Gasteiger partial charge on any atom is 0.151 e. The molecule has 2 nitrogen and oxygen atoms in total. The SMILES string of the molecule is CCOc1cc(C=O)c(Br)cc1C. The fourth-order valence-electron chi connectivity index (χ4n) is 1.07. The van der Waals surface area contributed by atoms with Crippen LogP contribution in [0.1, 0.15) is 22.8 Å². The molecule has 0 unspecified atom stereocenters. The second kappa shape index (κ2) is 4.42. The van der Waals surface area contributed by atoms with Crippen molar-refractivity contribution in [3.8, 4) is 5.75 Å². The first kappa shape index (κ1) is 10.3. The van der Waals surface area contributed by atoms with Crippen LogP contribution in [0.3, 0.4) is 0 Å². The summed E-state index contributed by atoms with van der Waals surface area (Å²) >= 11 is 3.31. The Balaban J connectivity index is 3.14. The first-order valence-electron chi connectivity index (χ1n) is 4.07. The van der Waals surface area contributed by atoms with Gasteiger partial charge in [-0.1, -0.05) is 15.9 Å². The number of hydrogen-bond donors (Lipinski definition) is 0. The summed E-state index contributed by atoms with van der Waals surface area (Å²) in [5, 5.41) is 0. The Morgan fingerprint density at radius 3 is 2.77 bits per heavy atom. The van der Waals surface area contributed by atoms with E-state index in [2.05, 4.69) is 15.9 Å². The highest BCUT2D eigenvalue weighted by molar-refractivity contribution is 9.10. The third-order valence-electron chi connectivity index (χ3n) is 1.72. The van der Waals surface area contributed by atoms with Crippen molar-refractivity contribution in [1.82, 2.24) is 0 Å². The predicted molar refractivity (Wildman–Crippen MR) is 55.4 cm³/mol. The molecular weight excluding hydrogens is 232 g/mol. The van der Waals surface area contributed by atoms with E-state index < -0.39 is 0 Å². The molecule has 13 heavy (non-hydrogen) atoms. The van der Waals surface area contributed by atoms with Gasteiger partial charge in [0.1, 0.15) is 5.75 Å². The molecule has 0 saturated carbocycles. The van der Waals surface area contributed by atoms with Crippen LogP contribution in [0.15, 0.2) is 16.6 Å². The molecule has 1 aromatic rings. The van der Waals surface area contributed by atoms with Gasteiger partial charge in [-0.05, 0) is 31.5 Å². The van der Waals surface area contributed by atoms with E-state index in [0.29, 0.717) is 12.2 Å². The number of benzene rings is 1.